The number of amidine groups is 1. The molecular weight excluding hydrogens is 342 g/mol. The highest BCUT2D eigenvalue weighted by molar-refractivity contribution is 6.30. The van der Waals surface area contributed by atoms with Gasteiger partial charge in [0.1, 0.15) is 17.1 Å². The van der Waals surface area contributed by atoms with Gasteiger partial charge < -0.3 is 0 Å². The molecule has 1 unspecified atom stereocenters. The minimum Gasteiger partial charge on any atom is -0.270 e. The van der Waals surface area contributed by atoms with E-state index < -0.39 is 6.04 Å². The zero-order valence-electron chi connectivity index (χ0n) is 14.3. The van der Waals surface area contributed by atoms with Crippen LogP contribution in [0.2, 0.25) is 5.02 Å². The topological polar surface area (TPSA) is 61.8 Å². The predicted octanol–water partition coefficient (Wildman–Crippen LogP) is 2.14. The fourth-order valence-corrected chi connectivity index (χ4v) is 3.62. The van der Waals surface area contributed by atoms with Gasteiger partial charge in [-0.3, -0.25) is 14.6 Å². The normalized spacial score (nSPS) is 19.2. The minimum absolute atomic E-state index is 0.281. The quantitative estimate of drug-likeness (QED) is 0.733. The number of imide groups is 1. The molecule has 0 saturated carbocycles. The Morgan fingerprint density at radius 3 is 2.56 bits per heavy atom. The number of likely N-dealkylation sites (N-methyl/N-ethyl adjacent to an activating group) is 2. The Hall–Kier alpha value is -2.67. The smallest absolute Gasteiger partial charge is 0.270 e. The summed E-state index contributed by atoms with van der Waals surface area (Å²) in [4.78, 5) is 32.2. The first-order valence-electron chi connectivity index (χ1n) is 7.86. The number of urea groups is 1. The standard InChI is InChI=1S/C17H17ClN5O2/c1-9-10(2)23-13-14(20(3)17(25)21(4)15(13)24)19-16(23)22(9)12-7-5-6-11(18)8-12/h5-8,13H,1-4H3/q+1. The second kappa shape index (κ2) is 5.16. The lowest BCUT2D eigenvalue weighted by molar-refractivity contribution is -0.682. The number of nitrogens with zero attached hydrogens (tertiary/aromatic N) is 5. The maximum Gasteiger partial charge on any atom is 0.407 e. The number of hydrogen-bond acceptors (Lipinski definition) is 3. The van der Waals surface area contributed by atoms with Crippen LogP contribution in [0.5, 0.6) is 0 Å². The van der Waals surface area contributed by atoms with E-state index in [4.69, 9.17) is 11.6 Å². The van der Waals surface area contributed by atoms with Crippen LogP contribution in [0, 0.1) is 13.8 Å². The Kier molecular flexibility index (Phi) is 3.27. The van der Waals surface area contributed by atoms with Gasteiger partial charge in [-0.25, -0.2) is 9.36 Å². The van der Waals surface area contributed by atoms with Crippen molar-refractivity contribution in [2.24, 2.45) is 4.99 Å². The lowest BCUT2D eigenvalue weighted by atomic mass is 10.1. The Morgan fingerprint density at radius 2 is 1.88 bits per heavy atom. The molecule has 7 nitrogen and oxygen atoms in total. The van der Waals surface area contributed by atoms with Gasteiger partial charge in [0.2, 0.25) is 11.9 Å². The maximum atomic E-state index is 12.7. The average molecular weight is 359 g/mol. The summed E-state index contributed by atoms with van der Waals surface area (Å²) in [7, 11) is 3.13. The van der Waals surface area contributed by atoms with Gasteiger partial charge in [-0.05, 0) is 32.0 Å². The third kappa shape index (κ3) is 1.99. The van der Waals surface area contributed by atoms with Crippen LogP contribution in [-0.4, -0.2) is 46.2 Å². The first-order valence-corrected chi connectivity index (χ1v) is 8.24. The fraction of sp³-hybridized carbons (Fsp3) is 0.294. The molecule has 2 aliphatic heterocycles. The van der Waals surface area contributed by atoms with Gasteiger partial charge in [0.15, 0.2) is 0 Å². The number of amides is 3. The summed E-state index contributed by atoms with van der Waals surface area (Å²) in [6.45, 7) is 3.92. The van der Waals surface area contributed by atoms with E-state index in [0.717, 1.165) is 22.0 Å². The molecule has 1 fully saturated rings. The molecule has 1 saturated heterocycles. The Labute approximate surface area is 149 Å². The lowest BCUT2D eigenvalue weighted by Crippen LogP contribution is -2.62. The van der Waals surface area contributed by atoms with Crippen LogP contribution in [0.1, 0.15) is 17.4 Å². The number of fused-ring (bicyclic) bond motifs is 3. The van der Waals surface area contributed by atoms with Crippen molar-refractivity contribution in [3.8, 4) is 5.69 Å². The van der Waals surface area contributed by atoms with Crippen LogP contribution in [0.4, 0.5) is 10.7 Å². The van der Waals surface area contributed by atoms with Crippen LogP contribution in [0.15, 0.2) is 29.3 Å². The molecule has 3 amide bonds. The SMILES string of the molecule is Cc1c(C)[n+]2c(n1-c1cccc(Cl)c1)N=C1C2C(=O)N(C)C(=O)N1C. The van der Waals surface area contributed by atoms with Gasteiger partial charge in [0.05, 0.1) is 0 Å². The highest BCUT2D eigenvalue weighted by Crippen LogP contribution is 2.33. The fourth-order valence-electron chi connectivity index (χ4n) is 3.44. The second-order valence-electron chi connectivity index (χ2n) is 6.27. The molecule has 0 radical (unpaired) electrons. The van der Waals surface area contributed by atoms with Crippen molar-refractivity contribution >= 4 is 35.3 Å². The van der Waals surface area contributed by atoms with Gasteiger partial charge >= 0.3 is 12.0 Å². The van der Waals surface area contributed by atoms with Crippen molar-refractivity contribution in [2.45, 2.75) is 19.9 Å². The van der Waals surface area contributed by atoms with E-state index in [1.807, 2.05) is 41.2 Å². The summed E-state index contributed by atoms with van der Waals surface area (Å²) in [5.74, 6) is 0.777. The first-order chi connectivity index (χ1) is 11.8. The molecule has 0 bridgehead atoms. The highest BCUT2D eigenvalue weighted by atomic mass is 35.5. The molecule has 2 aromatic rings. The van der Waals surface area contributed by atoms with Crippen molar-refractivity contribution < 1.29 is 14.2 Å². The summed E-state index contributed by atoms with van der Waals surface area (Å²) in [6.07, 6.45) is 0. The van der Waals surface area contributed by atoms with E-state index in [0.29, 0.717) is 16.8 Å². The number of aromatic nitrogens is 2. The number of aliphatic imine (C=N–C) groups is 1. The van der Waals surface area contributed by atoms with Crippen LogP contribution in [0.25, 0.3) is 5.69 Å². The molecule has 25 heavy (non-hydrogen) atoms. The molecule has 0 N–H and O–H groups in total. The number of benzene rings is 1. The Balaban J connectivity index is 1.98. The Morgan fingerprint density at radius 1 is 1.16 bits per heavy atom. The molecule has 0 spiro atoms. The highest BCUT2D eigenvalue weighted by Gasteiger charge is 2.53. The van der Waals surface area contributed by atoms with Gasteiger partial charge in [-0.2, -0.15) is 4.57 Å². The Bertz CT molecular complexity index is 978. The molecule has 2 aliphatic rings. The van der Waals surface area contributed by atoms with Crippen molar-refractivity contribution in [2.75, 3.05) is 14.1 Å². The summed E-state index contributed by atoms with van der Waals surface area (Å²) in [5.41, 5.74) is 2.75. The average Bonchev–Trinajstić information content (AvgIpc) is 3.07. The molecule has 0 aliphatic carbocycles. The summed E-state index contributed by atoms with van der Waals surface area (Å²) < 4.78 is 3.84. The van der Waals surface area contributed by atoms with Crippen LogP contribution < -0.4 is 4.57 Å². The predicted molar refractivity (Wildman–Crippen MR) is 92.5 cm³/mol. The molecule has 4 rings (SSSR count). The largest absolute Gasteiger partial charge is 0.407 e. The number of hydrogen-bond donors (Lipinski definition) is 0. The molecule has 128 valence electrons. The van der Waals surface area contributed by atoms with Gasteiger partial charge in [0, 0.05) is 19.1 Å². The molecular formula is C17H17ClN5O2+. The third-order valence-electron chi connectivity index (χ3n) is 4.90. The zero-order valence-corrected chi connectivity index (χ0v) is 15.1. The van der Waals surface area contributed by atoms with Crippen molar-refractivity contribution in [1.29, 1.82) is 0 Å². The minimum atomic E-state index is -0.623. The van der Waals surface area contributed by atoms with Crippen LogP contribution in [-0.2, 0) is 4.79 Å². The third-order valence-corrected chi connectivity index (χ3v) is 5.14. The molecule has 8 heteroatoms. The molecule has 3 heterocycles. The van der Waals surface area contributed by atoms with E-state index in [9.17, 15) is 9.59 Å². The number of carbonyl (C=O) groups excluding carboxylic acids is 2. The van der Waals surface area contributed by atoms with E-state index in [-0.39, 0.29) is 11.9 Å². The van der Waals surface area contributed by atoms with E-state index in [2.05, 4.69) is 4.99 Å². The zero-order chi connectivity index (χ0) is 18.0. The van der Waals surface area contributed by atoms with Crippen LogP contribution >= 0.6 is 11.6 Å². The molecule has 1 atom stereocenters. The molecule has 1 aromatic heterocycles. The molecule has 1 aromatic carbocycles. The summed E-state index contributed by atoms with van der Waals surface area (Å²) >= 11 is 6.14. The van der Waals surface area contributed by atoms with Gasteiger partial charge in [-0.1, -0.05) is 22.7 Å². The first kappa shape index (κ1) is 15.8. The summed E-state index contributed by atoms with van der Waals surface area (Å²) in [5, 5.41) is 0.619. The second-order valence-corrected chi connectivity index (χ2v) is 6.70. The monoisotopic (exact) mass is 358 g/mol. The van der Waals surface area contributed by atoms with Gasteiger partial charge in [-0.15, -0.1) is 0 Å². The number of imidazole rings is 1. The van der Waals surface area contributed by atoms with E-state index in [1.165, 1.54) is 11.9 Å². The van der Waals surface area contributed by atoms with Crippen molar-refractivity contribution in [1.82, 2.24) is 14.4 Å². The number of rotatable bonds is 1. The van der Waals surface area contributed by atoms with Crippen molar-refractivity contribution in [3.63, 3.8) is 0 Å². The lowest BCUT2D eigenvalue weighted by Gasteiger charge is -2.30. The number of halogens is 1. The van der Waals surface area contributed by atoms with Crippen LogP contribution in [0.3, 0.4) is 0 Å². The van der Waals surface area contributed by atoms with E-state index in [1.54, 1.807) is 13.1 Å². The van der Waals surface area contributed by atoms with Crippen molar-refractivity contribution in [3.05, 3.63) is 40.7 Å². The maximum absolute atomic E-state index is 12.7. The summed E-state index contributed by atoms with van der Waals surface area (Å²) in [6, 6.07) is 6.45. The number of carbonyl (C=O) groups is 2. The van der Waals surface area contributed by atoms with E-state index >= 15 is 0 Å². The van der Waals surface area contributed by atoms with Gasteiger partial charge in [0.25, 0.3) is 5.91 Å².